The Balaban J connectivity index is 1.55. The molecule has 0 radical (unpaired) electrons. The smallest absolute Gasteiger partial charge is 0.315 e. The molecule has 0 aliphatic carbocycles. The third kappa shape index (κ3) is 5.46. The van der Waals surface area contributed by atoms with Crippen molar-refractivity contribution in [1.82, 2.24) is 15.5 Å². The van der Waals surface area contributed by atoms with E-state index in [4.69, 9.17) is 16.3 Å². The summed E-state index contributed by atoms with van der Waals surface area (Å²) in [4.78, 5) is 14.6. The summed E-state index contributed by atoms with van der Waals surface area (Å²) in [5.41, 5.74) is 2.17. The molecule has 0 spiro atoms. The van der Waals surface area contributed by atoms with Gasteiger partial charge in [0.15, 0.2) is 0 Å². The Hall–Kier alpha value is -2.08. The molecule has 1 atom stereocenters. The van der Waals surface area contributed by atoms with Crippen molar-refractivity contribution in [3.05, 3.63) is 70.7 Å². The number of carbonyl (C=O) groups excluding carboxylic acids is 1. The molecule has 0 bridgehead atoms. The van der Waals surface area contributed by atoms with Gasteiger partial charge in [0.1, 0.15) is 0 Å². The van der Waals surface area contributed by atoms with Gasteiger partial charge < -0.3 is 15.4 Å². The van der Waals surface area contributed by atoms with Crippen molar-refractivity contribution in [2.24, 2.45) is 0 Å². The monoisotopic (exact) mass is 373 g/mol. The standard InChI is InChI=1S/C20H24ClN3O2/c21-18-8-4-5-16(13-18)14-22-20(25)23-15-19(17-6-2-1-3-7-17)24-9-11-26-12-10-24/h1-8,13,19H,9-12,14-15H2,(H2,22,23,25). The molecule has 1 aliphatic heterocycles. The van der Waals surface area contributed by atoms with Gasteiger partial charge in [-0.2, -0.15) is 0 Å². The molecule has 2 aromatic rings. The van der Waals surface area contributed by atoms with E-state index in [0.717, 1.165) is 31.9 Å². The number of nitrogens with zero attached hydrogens (tertiary/aromatic N) is 1. The van der Waals surface area contributed by atoms with Gasteiger partial charge in [-0.1, -0.05) is 54.1 Å². The Labute approximate surface area is 159 Å². The second-order valence-corrected chi connectivity index (χ2v) is 6.70. The van der Waals surface area contributed by atoms with Crippen LogP contribution in [0, 0.1) is 0 Å². The fourth-order valence-corrected chi connectivity index (χ4v) is 3.32. The maximum absolute atomic E-state index is 12.2. The van der Waals surface area contributed by atoms with E-state index in [0.29, 0.717) is 18.1 Å². The lowest BCUT2D eigenvalue weighted by Crippen LogP contribution is -2.45. The van der Waals surface area contributed by atoms with Crippen molar-refractivity contribution in [2.75, 3.05) is 32.8 Å². The Morgan fingerprint density at radius 2 is 1.85 bits per heavy atom. The van der Waals surface area contributed by atoms with Crippen molar-refractivity contribution in [1.29, 1.82) is 0 Å². The predicted octanol–water partition coefficient (Wildman–Crippen LogP) is 3.21. The highest BCUT2D eigenvalue weighted by atomic mass is 35.5. The molecule has 1 saturated heterocycles. The SMILES string of the molecule is O=C(NCc1cccc(Cl)c1)NCC(c1ccccc1)N1CCOCC1. The minimum atomic E-state index is -0.181. The molecule has 0 saturated carbocycles. The third-order valence-corrected chi connectivity index (χ3v) is 4.70. The van der Waals surface area contributed by atoms with Crippen molar-refractivity contribution in [3.63, 3.8) is 0 Å². The number of morpholine rings is 1. The third-order valence-electron chi connectivity index (χ3n) is 4.47. The molecule has 2 N–H and O–H groups in total. The first kappa shape index (κ1) is 18.7. The Morgan fingerprint density at radius 3 is 2.58 bits per heavy atom. The number of nitrogens with one attached hydrogen (secondary N) is 2. The van der Waals surface area contributed by atoms with E-state index in [1.807, 2.05) is 42.5 Å². The lowest BCUT2D eigenvalue weighted by Gasteiger charge is -2.34. The van der Waals surface area contributed by atoms with Crippen LogP contribution in [0.25, 0.3) is 0 Å². The maximum atomic E-state index is 12.2. The summed E-state index contributed by atoms with van der Waals surface area (Å²) in [5, 5.41) is 6.55. The number of benzene rings is 2. The van der Waals surface area contributed by atoms with Crippen LogP contribution in [-0.4, -0.2) is 43.8 Å². The number of halogens is 1. The van der Waals surface area contributed by atoms with Gasteiger partial charge in [-0.15, -0.1) is 0 Å². The number of rotatable bonds is 6. The lowest BCUT2D eigenvalue weighted by atomic mass is 10.0. The van der Waals surface area contributed by atoms with Gasteiger partial charge in [0.05, 0.1) is 19.3 Å². The van der Waals surface area contributed by atoms with E-state index >= 15 is 0 Å². The average Bonchev–Trinajstić information content (AvgIpc) is 2.68. The van der Waals surface area contributed by atoms with Crippen LogP contribution >= 0.6 is 11.6 Å². The normalized spacial score (nSPS) is 16.0. The second-order valence-electron chi connectivity index (χ2n) is 6.27. The summed E-state index contributed by atoms with van der Waals surface area (Å²) < 4.78 is 5.46. The van der Waals surface area contributed by atoms with Crippen LogP contribution in [0.15, 0.2) is 54.6 Å². The van der Waals surface area contributed by atoms with Crippen LogP contribution in [0.4, 0.5) is 4.79 Å². The number of amides is 2. The largest absolute Gasteiger partial charge is 0.379 e. The molecule has 2 aromatic carbocycles. The highest BCUT2D eigenvalue weighted by Crippen LogP contribution is 2.21. The van der Waals surface area contributed by atoms with E-state index in [1.165, 1.54) is 5.56 Å². The molecule has 2 amide bonds. The molecule has 1 aliphatic rings. The minimum absolute atomic E-state index is 0.136. The summed E-state index contributed by atoms with van der Waals surface area (Å²) >= 11 is 5.97. The summed E-state index contributed by atoms with van der Waals surface area (Å²) in [6, 6.07) is 17.7. The molecule has 26 heavy (non-hydrogen) atoms. The summed E-state index contributed by atoms with van der Waals surface area (Å²) in [7, 11) is 0. The maximum Gasteiger partial charge on any atom is 0.315 e. The zero-order chi connectivity index (χ0) is 18.2. The van der Waals surface area contributed by atoms with Gasteiger partial charge >= 0.3 is 6.03 Å². The molecule has 3 rings (SSSR count). The van der Waals surface area contributed by atoms with Gasteiger partial charge in [0, 0.05) is 31.2 Å². The Morgan fingerprint density at radius 1 is 1.08 bits per heavy atom. The van der Waals surface area contributed by atoms with Gasteiger partial charge in [-0.25, -0.2) is 4.79 Å². The van der Waals surface area contributed by atoms with Crippen LogP contribution < -0.4 is 10.6 Å². The molecule has 1 unspecified atom stereocenters. The molecular formula is C20H24ClN3O2. The highest BCUT2D eigenvalue weighted by Gasteiger charge is 2.22. The molecule has 138 valence electrons. The van der Waals surface area contributed by atoms with E-state index < -0.39 is 0 Å². The van der Waals surface area contributed by atoms with E-state index in [-0.39, 0.29) is 12.1 Å². The Kier molecular flexibility index (Phi) is 6.89. The minimum Gasteiger partial charge on any atom is -0.379 e. The lowest BCUT2D eigenvalue weighted by molar-refractivity contribution is 0.0167. The fraction of sp³-hybridized carbons (Fsp3) is 0.350. The first-order valence-electron chi connectivity index (χ1n) is 8.85. The van der Waals surface area contributed by atoms with E-state index in [1.54, 1.807) is 0 Å². The van der Waals surface area contributed by atoms with E-state index in [9.17, 15) is 4.79 Å². The van der Waals surface area contributed by atoms with Crippen molar-refractivity contribution >= 4 is 17.6 Å². The van der Waals surface area contributed by atoms with Gasteiger partial charge in [0.25, 0.3) is 0 Å². The number of hydrogen-bond donors (Lipinski definition) is 2. The van der Waals surface area contributed by atoms with E-state index in [2.05, 4.69) is 27.7 Å². The number of carbonyl (C=O) groups is 1. The second kappa shape index (κ2) is 9.57. The molecule has 1 heterocycles. The van der Waals surface area contributed by atoms with Gasteiger partial charge in [-0.05, 0) is 23.3 Å². The number of urea groups is 1. The number of ether oxygens (including phenoxy) is 1. The van der Waals surface area contributed by atoms with Gasteiger partial charge in [-0.3, -0.25) is 4.90 Å². The van der Waals surface area contributed by atoms with Gasteiger partial charge in [0.2, 0.25) is 0 Å². The molecule has 5 nitrogen and oxygen atoms in total. The average molecular weight is 374 g/mol. The Bertz CT molecular complexity index is 705. The van der Waals surface area contributed by atoms with Crippen LogP contribution in [0.2, 0.25) is 5.02 Å². The zero-order valence-corrected chi connectivity index (χ0v) is 15.4. The highest BCUT2D eigenvalue weighted by molar-refractivity contribution is 6.30. The molecule has 1 fully saturated rings. The molecule has 6 heteroatoms. The first-order chi connectivity index (χ1) is 12.7. The number of hydrogen-bond acceptors (Lipinski definition) is 3. The van der Waals surface area contributed by atoms with Crippen LogP contribution in [-0.2, 0) is 11.3 Å². The summed E-state index contributed by atoms with van der Waals surface area (Å²) in [5.74, 6) is 0. The van der Waals surface area contributed by atoms with Crippen LogP contribution in [0.5, 0.6) is 0 Å². The van der Waals surface area contributed by atoms with Crippen molar-refractivity contribution in [3.8, 4) is 0 Å². The topological polar surface area (TPSA) is 53.6 Å². The van der Waals surface area contributed by atoms with Crippen molar-refractivity contribution < 1.29 is 9.53 Å². The van der Waals surface area contributed by atoms with Crippen LogP contribution in [0.1, 0.15) is 17.2 Å². The quantitative estimate of drug-likeness (QED) is 0.817. The summed E-state index contributed by atoms with van der Waals surface area (Å²) in [6.45, 7) is 4.18. The zero-order valence-electron chi connectivity index (χ0n) is 14.7. The summed E-state index contributed by atoms with van der Waals surface area (Å²) in [6.07, 6.45) is 0. The molecular weight excluding hydrogens is 350 g/mol. The fourth-order valence-electron chi connectivity index (χ4n) is 3.10. The molecule has 0 aromatic heterocycles. The first-order valence-corrected chi connectivity index (χ1v) is 9.23. The predicted molar refractivity (Wildman–Crippen MR) is 103 cm³/mol. The van der Waals surface area contributed by atoms with Crippen molar-refractivity contribution in [2.45, 2.75) is 12.6 Å². The van der Waals surface area contributed by atoms with Crippen LogP contribution in [0.3, 0.4) is 0 Å².